The molecule has 3 aromatic rings. The van der Waals surface area contributed by atoms with Crippen molar-refractivity contribution in [2.45, 2.75) is 27.4 Å². The second-order valence-corrected chi connectivity index (χ2v) is 5.09. The fourth-order valence-corrected chi connectivity index (χ4v) is 2.53. The Morgan fingerprint density at radius 2 is 1.77 bits per heavy atom. The van der Waals surface area contributed by atoms with Gasteiger partial charge in [-0.2, -0.15) is 0 Å². The maximum absolute atomic E-state index is 6.26. The summed E-state index contributed by atoms with van der Waals surface area (Å²) in [6.45, 7) is 6.51. The quantitative estimate of drug-likeness (QED) is 0.609. The summed E-state index contributed by atoms with van der Waals surface area (Å²) in [7, 11) is 0. The molecule has 1 heterocycles. The van der Waals surface area contributed by atoms with Gasteiger partial charge in [0.25, 0.3) is 0 Å². The van der Waals surface area contributed by atoms with Crippen LogP contribution in [-0.2, 0) is 6.61 Å². The van der Waals surface area contributed by atoms with E-state index in [1.807, 2.05) is 69.3 Å². The molecule has 2 nitrogen and oxygen atoms in total. The van der Waals surface area contributed by atoms with Crippen LogP contribution in [0.4, 0.5) is 0 Å². The highest BCUT2D eigenvalue weighted by Gasteiger charge is 2.11. The molecule has 0 radical (unpaired) electrons. The topological polar surface area (TPSA) is 22.1 Å². The van der Waals surface area contributed by atoms with Crippen molar-refractivity contribution in [1.29, 1.82) is 0 Å². The Hall–Kier alpha value is -2.06. The average Bonchev–Trinajstić information content (AvgIpc) is 2.57. The maximum Gasteiger partial charge on any atom is 0.149 e. The van der Waals surface area contributed by atoms with Gasteiger partial charge in [0.05, 0.1) is 5.02 Å². The summed E-state index contributed by atoms with van der Waals surface area (Å²) in [5, 5.41) is 1.63. The van der Waals surface area contributed by atoms with Gasteiger partial charge in [0, 0.05) is 11.6 Å². The standard InChI is InChI=1S/C17H14ClNO.C2H6/c1-12-10-15(18)14-8-5-9-19-16(14)17(12)20-11-13-6-3-2-4-7-13;1-2/h2-10H,11H2,1H3;1-2H3. The summed E-state index contributed by atoms with van der Waals surface area (Å²) in [4.78, 5) is 4.41. The van der Waals surface area contributed by atoms with E-state index in [4.69, 9.17) is 16.3 Å². The first kappa shape index (κ1) is 16.3. The summed E-state index contributed by atoms with van der Waals surface area (Å²) in [6, 6.07) is 15.8. The first-order valence-electron chi connectivity index (χ1n) is 7.46. The number of benzene rings is 2. The van der Waals surface area contributed by atoms with Gasteiger partial charge in [-0.25, -0.2) is 0 Å². The molecule has 0 spiro atoms. The number of pyridine rings is 1. The van der Waals surface area contributed by atoms with Crippen molar-refractivity contribution >= 4 is 22.5 Å². The summed E-state index contributed by atoms with van der Waals surface area (Å²) in [5.74, 6) is 0.800. The maximum atomic E-state index is 6.26. The minimum atomic E-state index is 0.523. The van der Waals surface area contributed by atoms with Crippen LogP contribution < -0.4 is 4.74 Å². The zero-order valence-electron chi connectivity index (χ0n) is 13.1. The molecule has 0 saturated carbocycles. The monoisotopic (exact) mass is 313 g/mol. The molecule has 114 valence electrons. The van der Waals surface area contributed by atoms with Crippen molar-refractivity contribution < 1.29 is 4.74 Å². The van der Waals surface area contributed by atoms with Crippen LogP contribution in [0.5, 0.6) is 5.75 Å². The van der Waals surface area contributed by atoms with Gasteiger partial charge in [0.2, 0.25) is 0 Å². The summed E-state index contributed by atoms with van der Waals surface area (Å²) >= 11 is 6.26. The Morgan fingerprint density at radius 1 is 1.05 bits per heavy atom. The number of nitrogens with zero attached hydrogens (tertiary/aromatic N) is 1. The van der Waals surface area contributed by atoms with Crippen LogP contribution in [0, 0.1) is 6.92 Å². The molecule has 0 aliphatic carbocycles. The molecule has 0 atom stereocenters. The van der Waals surface area contributed by atoms with E-state index >= 15 is 0 Å². The van der Waals surface area contributed by atoms with Crippen LogP contribution in [0.1, 0.15) is 25.0 Å². The van der Waals surface area contributed by atoms with E-state index in [1.165, 1.54) is 0 Å². The Bertz CT molecular complexity index is 741. The van der Waals surface area contributed by atoms with Crippen LogP contribution in [0.2, 0.25) is 5.02 Å². The fourth-order valence-electron chi connectivity index (χ4n) is 2.21. The third kappa shape index (κ3) is 3.58. The van der Waals surface area contributed by atoms with Gasteiger partial charge in [0.15, 0.2) is 0 Å². The molecule has 1 aromatic heterocycles. The SMILES string of the molecule is CC.Cc1cc(Cl)c2cccnc2c1OCc1ccccc1. The highest BCUT2D eigenvalue weighted by Crippen LogP contribution is 2.33. The predicted molar refractivity (Wildman–Crippen MR) is 93.6 cm³/mol. The fraction of sp³-hybridized carbons (Fsp3) is 0.211. The van der Waals surface area contributed by atoms with Gasteiger partial charge >= 0.3 is 0 Å². The minimum Gasteiger partial charge on any atom is -0.486 e. The van der Waals surface area contributed by atoms with Crippen molar-refractivity contribution in [3.63, 3.8) is 0 Å². The lowest BCUT2D eigenvalue weighted by Crippen LogP contribution is -1.98. The molecule has 0 fully saturated rings. The average molecular weight is 314 g/mol. The van der Waals surface area contributed by atoms with E-state index in [-0.39, 0.29) is 0 Å². The van der Waals surface area contributed by atoms with E-state index in [0.29, 0.717) is 11.6 Å². The van der Waals surface area contributed by atoms with Gasteiger partial charge in [-0.15, -0.1) is 0 Å². The summed E-state index contributed by atoms with van der Waals surface area (Å²) in [6.07, 6.45) is 1.76. The van der Waals surface area contributed by atoms with E-state index < -0.39 is 0 Å². The number of halogens is 1. The van der Waals surface area contributed by atoms with E-state index in [9.17, 15) is 0 Å². The first-order chi connectivity index (χ1) is 10.8. The highest BCUT2D eigenvalue weighted by atomic mass is 35.5. The molecule has 0 amide bonds. The molecule has 0 N–H and O–H groups in total. The van der Waals surface area contributed by atoms with Crippen LogP contribution in [-0.4, -0.2) is 4.98 Å². The second-order valence-electron chi connectivity index (χ2n) is 4.68. The van der Waals surface area contributed by atoms with Crippen molar-refractivity contribution in [2.75, 3.05) is 0 Å². The number of hydrogen-bond acceptors (Lipinski definition) is 2. The van der Waals surface area contributed by atoms with Gasteiger partial charge in [-0.3, -0.25) is 4.98 Å². The lowest BCUT2D eigenvalue weighted by atomic mass is 10.1. The smallest absolute Gasteiger partial charge is 0.149 e. The zero-order chi connectivity index (χ0) is 15.9. The molecule has 3 rings (SSSR count). The lowest BCUT2D eigenvalue weighted by molar-refractivity contribution is 0.307. The van der Waals surface area contributed by atoms with Crippen LogP contribution in [0.15, 0.2) is 54.7 Å². The van der Waals surface area contributed by atoms with Crippen LogP contribution in [0.3, 0.4) is 0 Å². The second kappa shape index (κ2) is 7.81. The number of aryl methyl sites for hydroxylation is 1. The molecular formula is C19H20ClNO. The predicted octanol–water partition coefficient (Wildman–Crippen LogP) is 5.80. The van der Waals surface area contributed by atoms with Gasteiger partial charge in [-0.1, -0.05) is 55.8 Å². The normalized spacial score (nSPS) is 10.0. The molecule has 0 bridgehead atoms. The number of ether oxygens (including phenoxy) is 1. The molecule has 2 aromatic carbocycles. The van der Waals surface area contributed by atoms with Crippen molar-refractivity contribution in [3.05, 3.63) is 70.9 Å². The number of aromatic nitrogens is 1. The summed E-state index contributed by atoms with van der Waals surface area (Å²) < 4.78 is 5.97. The largest absolute Gasteiger partial charge is 0.486 e. The van der Waals surface area contributed by atoms with Crippen molar-refractivity contribution in [2.24, 2.45) is 0 Å². The molecule has 0 aliphatic rings. The molecule has 3 heteroatoms. The lowest BCUT2D eigenvalue weighted by Gasteiger charge is -2.12. The Balaban J connectivity index is 0.000000847. The highest BCUT2D eigenvalue weighted by molar-refractivity contribution is 6.35. The minimum absolute atomic E-state index is 0.523. The van der Waals surface area contributed by atoms with E-state index in [0.717, 1.165) is 27.8 Å². The molecule has 22 heavy (non-hydrogen) atoms. The van der Waals surface area contributed by atoms with Crippen molar-refractivity contribution in [3.8, 4) is 5.75 Å². The first-order valence-corrected chi connectivity index (χ1v) is 7.84. The third-order valence-corrected chi connectivity index (χ3v) is 3.52. The Labute approximate surface area is 136 Å². The van der Waals surface area contributed by atoms with Crippen LogP contribution in [0.25, 0.3) is 10.9 Å². The number of rotatable bonds is 3. The van der Waals surface area contributed by atoms with Gasteiger partial charge < -0.3 is 4.74 Å². The van der Waals surface area contributed by atoms with Crippen molar-refractivity contribution in [1.82, 2.24) is 4.98 Å². The zero-order valence-corrected chi connectivity index (χ0v) is 13.9. The summed E-state index contributed by atoms with van der Waals surface area (Å²) in [5.41, 5.74) is 2.94. The number of hydrogen-bond donors (Lipinski definition) is 0. The Kier molecular flexibility index (Phi) is 5.79. The molecule has 0 aliphatic heterocycles. The Morgan fingerprint density at radius 3 is 2.50 bits per heavy atom. The van der Waals surface area contributed by atoms with E-state index in [2.05, 4.69) is 4.98 Å². The van der Waals surface area contributed by atoms with Gasteiger partial charge in [0.1, 0.15) is 17.9 Å². The third-order valence-electron chi connectivity index (χ3n) is 3.21. The van der Waals surface area contributed by atoms with Gasteiger partial charge in [-0.05, 0) is 36.2 Å². The molecule has 0 saturated heterocycles. The van der Waals surface area contributed by atoms with E-state index in [1.54, 1.807) is 6.20 Å². The number of fused-ring (bicyclic) bond motifs is 1. The van der Waals surface area contributed by atoms with Crippen LogP contribution >= 0.6 is 11.6 Å². The molecular weight excluding hydrogens is 294 g/mol. The molecule has 0 unspecified atom stereocenters.